The molecule has 0 aliphatic carbocycles. The summed E-state index contributed by atoms with van der Waals surface area (Å²) in [5.41, 5.74) is 3.74. The smallest absolute Gasteiger partial charge is 0.121 e. The molecule has 3 nitrogen and oxygen atoms in total. The van der Waals surface area contributed by atoms with Crippen LogP contribution in [0.5, 0.6) is 0 Å². The normalized spacial score (nSPS) is 19.6. The molecule has 82 valence electrons. The van der Waals surface area contributed by atoms with Gasteiger partial charge in [0.05, 0.1) is 6.04 Å². The summed E-state index contributed by atoms with van der Waals surface area (Å²) in [7, 11) is 0. The lowest BCUT2D eigenvalue weighted by Gasteiger charge is -2.22. The summed E-state index contributed by atoms with van der Waals surface area (Å²) in [6.45, 7) is 0.952. The largest absolute Gasteiger partial charge is 0.357 e. The van der Waals surface area contributed by atoms with Gasteiger partial charge in [-0.3, -0.25) is 0 Å². The predicted octanol–water partition coefficient (Wildman–Crippen LogP) is 1.94. The number of nitrogens with one attached hydrogen (secondary N) is 2. The SMILES string of the molecule is O=CCC1NCCc2c1[nH]c1ccccc21. The van der Waals surface area contributed by atoms with Gasteiger partial charge in [0.2, 0.25) is 0 Å². The monoisotopic (exact) mass is 214 g/mol. The zero-order chi connectivity index (χ0) is 11.0. The highest BCUT2D eigenvalue weighted by atomic mass is 16.1. The summed E-state index contributed by atoms with van der Waals surface area (Å²) < 4.78 is 0. The maximum absolute atomic E-state index is 10.6. The number of aldehydes is 1. The number of rotatable bonds is 2. The predicted molar refractivity (Wildman–Crippen MR) is 63.4 cm³/mol. The molecule has 1 aliphatic heterocycles. The molecular weight excluding hydrogens is 200 g/mol. The van der Waals surface area contributed by atoms with Crippen molar-refractivity contribution in [1.29, 1.82) is 0 Å². The van der Waals surface area contributed by atoms with E-state index in [0.29, 0.717) is 6.42 Å². The molecule has 0 saturated heterocycles. The van der Waals surface area contributed by atoms with Gasteiger partial charge in [0.15, 0.2) is 0 Å². The van der Waals surface area contributed by atoms with E-state index < -0.39 is 0 Å². The van der Waals surface area contributed by atoms with Crippen molar-refractivity contribution in [3.63, 3.8) is 0 Å². The van der Waals surface area contributed by atoms with Crippen molar-refractivity contribution in [1.82, 2.24) is 10.3 Å². The van der Waals surface area contributed by atoms with E-state index in [1.165, 1.54) is 22.2 Å². The van der Waals surface area contributed by atoms with Crippen LogP contribution in [0.4, 0.5) is 0 Å². The summed E-state index contributed by atoms with van der Waals surface area (Å²) >= 11 is 0. The van der Waals surface area contributed by atoms with Crippen LogP contribution in [0, 0.1) is 0 Å². The van der Waals surface area contributed by atoms with E-state index in [1.807, 2.05) is 6.07 Å². The molecule has 3 heteroatoms. The van der Waals surface area contributed by atoms with Crippen LogP contribution in [0.15, 0.2) is 24.3 Å². The second kappa shape index (κ2) is 3.76. The number of para-hydroxylation sites is 1. The first-order chi connectivity index (χ1) is 7.90. The number of benzene rings is 1. The Bertz CT molecular complexity index is 530. The lowest BCUT2D eigenvalue weighted by molar-refractivity contribution is -0.108. The lowest BCUT2D eigenvalue weighted by Crippen LogP contribution is -2.29. The first-order valence-electron chi connectivity index (χ1n) is 5.66. The van der Waals surface area contributed by atoms with E-state index in [1.54, 1.807) is 0 Å². The van der Waals surface area contributed by atoms with Crippen molar-refractivity contribution >= 4 is 17.2 Å². The van der Waals surface area contributed by atoms with Crippen LogP contribution in [0.3, 0.4) is 0 Å². The quantitative estimate of drug-likeness (QED) is 0.750. The van der Waals surface area contributed by atoms with Gasteiger partial charge < -0.3 is 15.1 Å². The summed E-state index contributed by atoms with van der Waals surface area (Å²) in [5, 5.41) is 4.68. The number of aromatic nitrogens is 1. The van der Waals surface area contributed by atoms with Crippen molar-refractivity contribution in [2.24, 2.45) is 0 Å². The minimum atomic E-state index is 0.161. The van der Waals surface area contributed by atoms with Crippen LogP contribution in [0.25, 0.3) is 10.9 Å². The van der Waals surface area contributed by atoms with Crippen LogP contribution in [0.2, 0.25) is 0 Å². The van der Waals surface area contributed by atoms with Gasteiger partial charge in [-0.15, -0.1) is 0 Å². The van der Waals surface area contributed by atoms with Gasteiger partial charge in [-0.2, -0.15) is 0 Å². The topological polar surface area (TPSA) is 44.9 Å². The number of carbonyl (C=O) groups is 1. The highest BCUT2D eigenvalue weighted by molar-refractivity contribution is 5.85. The van der Waals surface area contributed by atoms with Crippen molar-refractivity contribution in [3.05, 3.63) is 35.5 Å². The second-order valence-electron chi connectivity index (χ2n) is 4.22. The van der Waals surface area contributed by atoms with E-state index >= 15 is 0 Å². The Hall–Kier alpha value is -1.61. The van der Waals surface area contributed by atoms with E-state index in [2.05, 4.69) is 28.5 Å². The molecule has 0 bridgehead atoms. The van der Waals surface area contributed by atoms with E-state index in [9.17, 15) is 4.79 Å². The fourth-order valence-corrected chi connectivity index (χ4v) is 2.56. The van der Waals surface area contributed by atoms with Crippen LogP contribution in [-0.2, 0) is 11.2 Å². The third-order valence-corrected chi connectivity index (χ3v) is 3.29. The Labute approximate surface area is 93.9 Å². The Morgan fingerprint density at radius 2 is 2.25 bits per heavy atom. The van der Waals surface area contributed by atoms with Gasteiger partial charge in [0.25, 0.3) is 0 Å². The molecule has 1 atom stereocenters. The average molecular weight is 214 g/mol. The molecule has 1 unspecified atom stereocenters. The number of aromatic amines is 1. The molecule has 1 aromatic carbocycles. The number of hydrogen-bond donors (Lipinski definition) is 2. The van der Waals surface area contributed by atoms with Gasteiger partial charge >= 0.3 is 0 Å². The fraction of sp³-hybridized carbons (Fsp3) is 0.308. The van der Waals surface area contributed by atoms with Crippen molar-refractivity contribution in [2.75, 3.05) is 6.54 Å². The zero-order valence-electron chi connectivity index (χ0n) is 8.99. The molecule has 16 heavy (non-hydrogen) atoms. The first-order valence-corrected chi connectivity index (χ1v) is 5.66. The molecule has 3 rings (SSSR count). The van der Waals surface area contributed by atoms with Crippen LogP contribution < -0.4 is 5.32 Å². The molecule has 0 radical (unpaired) electrons. The van der Waals surface area contributed by atoms with Gasteiger partial charge in [-0.05, 0) is 24.6 Å². The summed E-state index contributed by atoms with van der Waals surface area (Å²) in [6.07, 6.45) is 2.56. The first kappa shape index (κ1) is 9.60. The van der Waals surface area contributed by atoms with E-state index in [4.69, 9.17) is 0 Å². The Balaban J connectivity index is 2.17. The molecule has 0 fully saturated rings. The van der Waals surface area contributed by atoms with Crippen LogP contribution >= 0.6 is 0 Å². The van der Waals surface area contributed by atoms with Gasteiger partial charge in [-0.25, -0.2) is 0 Å². The lowest BCUT2D eigenvalue weighted by atomic mass is 9.98. The molecule has 0 amide bonds. The molecule has 1 aromatic heterocycles. The summed E-state index contributed by atoms with van der Waals surface area (Å²) in [6, 6.07) is 8.49. The van der Waals surface area contributed by atoms with Crippen molar-refractivity contribution in [3.8, 4) is 0 Å². The number of carbonyl (C=O) groups excluding carboxylic acids is 1. The third-order valence-electron chi connectivity index (χ3n) is 3.29. The molecule has 0 spiro atoms. The van der Waals surface area contributed by atoms with Crippen molar-refractivity contribution < 1.29 is 4.79 Å². The average Bonchev–Trinajstić information content (AvgIpc) is 2.69. The molecule has 2 heterocycles. The van der Waals surface area contributed by atoms with Gasteiger partial charge in [0.1, 0.15) is 6.29 Å². The maximum Gasteiger partial charge on any atom is 0.121 e. The molecule has 2 N–H and O–H groups in total. The van der Waals surface area contributed by atoms with Gasteiger partial charge in [0, 0.05) is 23.0 Å². The minimum Gasteiger partial charge on any atom is -0.357 e. The maximum atomic E-state index is 10.6. The zero-order valence-corrected chi connectivity index (χ0v) is 8.99. The highest BCUT2D eigenvalue weighted by Crippen LogP contribution is 2.30. The summed E-state index contributed by atoms with van der Waals surface area (Å²) in [5.74, 6) is 0. The highest BCUT2D eigenvalue weighted by Gasteiger charge is 2.22. The number of hydrogen-bond acceptors (Lipinski definition) is 2. The number of H-pyrrole nitrogens is 1. The third kappa shape index (κ3) is 1.36. The van der Waals surface area contributed by atoms with Crippen LogP contribution in [-0.4, -0.2) is 17.8 Å². The number of fused-ring (bicyclic) bond motifs is 3. The van der Waals surface area contributed by atoms with E-state index in [0.717, 1.165) is 19.3 Å². The van der Waals surface area contributed by atoms with Crippen molar-refractivity contribution in [2.45, 2.75) is 18.9 Å². The Morgan fingerprint density at radius 3 is 3.12 bits per heavy atom. The standard InChI is InChI=1S/C13H14N2O/c16-8-6-12-13-10(5-7-14-12)9-3-1-2-4-11(9)15-13/h1-4,8,12,14-15H,5-7H2. The molecule has 2 aromatic rings. The van der Waals surface area contributed by atoms with Gasteiger partial charge in [-0.1, -0.05) is 18.2 Å². The van der Waals surface area contributed by atoms with Crippen LogP contribution in [0.1, 0.15) is 23.7 Å². The second-order valence-corrected chi connectivity index (χ2v) is 4.22. The Kier molecular flexibility index (Phi) is 2.26. The minimum absolute atomic E-state index is 0.161. The molecule has 1 aliphatic rings. The Morgan fingerprint density at radius 1 is 1.38 bits per heavy atom. The molecular formula is C13H14N2O. The molecule has 0 saturated carbocycles. The summed E-state index contributed by atoms with van der Waals surface area (Å²) in [4.78, 5) is 14.1. The van der Waals surface area contributed by atoms with E-state index in [-0.39, 0.29) is 6.04 Å². The fourth-order valence-electron chi connectivity index (χ4n) is 2.56.